The molecular formula is C16H22N2O3. The summed E-state index contributed by atoms with van der Waals surface area (Å²) < 4.78 is 10.7. The molecule has 2 aliphatic heterocycles. The summed E-state index contributed by atoms with van der Waals surface area (Å²) in [4.78, 5) is 14.3. The monoisotopic (exact) mass is 290 g/mol. The van der Waals surface area contributed by atoms with Gasteiger partial charge in [-0.05, 0) is 50.6 Å². The first kappa shape index (κ1) is 14.2. The Labute approximate surface area is 125 Å². The molecule has 1 fully saturated rings. The average molecular weight is 290 g/mol. The number of fused-ring (bicyclic) bond motifs is 1. The van der Waals surface area contributed by atoms with Gasteiger partial charge in [-0.3, -0.25) is 9.69 Å². The van der Waals surface area contributed by atoms with E-state index < -0.39 is 0 Å². The summed E-state index contributed by atoms with van der Waals surface area (Å²) in [6.45, 7) is 4.83. The van der Waals surface area contributed by atoms with Crippen molar-refractivity contribution in [1.82, 2.24) is 10.2 Å². The van der Waals surface area contributed by atoms with Crippen molar-refractivity contribution in [3.8, 4) is 11.5 Å². The highest BCUT2D eigenvalue weighted by molar-refractivity contribution is 5.78. The topological polar surface area (TPSA) is 50.8 Å². The molecule has 1 saturated heterocycles. The van der Waals surface area contributed by atoms with Crippen LogP contribution in [0, 0.1) is 0 Å². The number of nitrogens with zero attached hydrogens (tertiary/aromatic N) is 1. The molecule has 5 heteroatoms. The summed E-state index contributed by atoms with van der Waals surface area (Å²) >= 11 is 0. The van der Waals surface area contributed by atoms with Gasteiger partial charge in [-0.25, -0.2) is 0 Å². The van der Waals surface area contributed by atoms with Gasteiger partial charge in [0.25, 0.3) is 0 Å². The highest BCUT2D eigenvalue weighted by atomic mass is 16.7. The van der Waals surface area contributed by atoms with Crippen LogP contribution in [0.3, 0.4) is 0 Å². The van der Waals surface area contributed by atoms with Crippen molar-refractivity contribution in [3.63, 3.8) is 0 Å². The van der Waals surface area contributed by atoms with Gasteiger partial charge in [0, 0.05) is 0 Å². The quantitative estimate of drug-likeness (QED) is 0.922. The number of amides is 1. The van der Waals surface area contributed by atoms with Gasteiger partial charge in [0.2, 0.25) is 12.7 Å². The highest BCUT2D eigenvalue weighted by Crippen LogP contribution is 2.34. The van der Waals surface area contributed by atoms with Gasteiger partial charge in [0.15, 0.2) is 11.5 Å². The van der Waals surface area contributed by atoms with Crippen LogP contribution in [0.15, 0.2) is 18.2 Å². The van der Waals surface area contributed by atoms with E-state index in [2.05, 4.69) is 10.2 Å². The fourth-order valence-corrected chi connectivity index (χ4v) is 2.87. The maximum absolute atomic E-state index is 12.1. The van der Waals surface area contributed by atoms with Gasteiger partial charge in [-0.1, -0.05) is 12.5 Å². The van der Waals surface area contributed by atoms with E-state index in [-0.39, 0.29) is 18.7 Å². The molecule has 1 N–H and O–H groups in total. The van der Waals surface area contributed by atoms with E-state index in [4.69, 9.17) is 9.47 Å². The van der Waals surface area contributed by atoms with E-state index in [1.165, 1.54) is 19.3 Å². The number of carbonyl (C=O) groups excluding carboxylic acids is 1. The number of likely N-dealkylation sites (tertiary alicyclic amines) is 1. The molecule has 0 radical (unpaired) electrons. The van der Waals surface area contributed by atoms with Crippen LogP contribution >= 0.6 is 0 Å². The Hall–Kier alpha value is -1.75. The van der Waals surface area contributed by atoms with Crippen molar-refractivity contribution in [2.75, 3.05) is 26.4 Å². The Balaban J connectivity index is 1.55. The maximum Gasteiger partial charge on any atom is 0.234 e. The first-order valence-electron chi connectivity index (χ1n) is 7.63. The molecule has 3 rings (SSSR count). The molecule has 0 bridgehead atoms. The zero-order valence-corrected chi connectivity index (χ0v) is 12.4. The minimum absolute atomic E-state index is 0.0307. The number of piperidine rings is 1. The lowest BCUT2D eigenvalue weighted by atomic mass is 10.1. The Kier molecular flexibility index (Phi) is 4.29. The van der Waals surface area contributed by atoms with Gasteiger partial charge < -0.3 is 14.8 Å². The molecule has 1 atom stereocenters. The summed E-state index contributed by atoms with van der Waals surface area (Å²) in [5.74, 6) is 1.61. The molecule has 2 aliphatic rings. The van der Waals surface area contributed by atoms with E-state index >= 15 is 0 Å². The second kappa shape index (κ2) is 6.35. The van der Waals surface area contributed by atoms with Crippen LogP contribution < -0.4 is 14.8 Å². The third-order valence-electron chi connectivity index (χ3n) is 4.09. The Morgan fingerprint density at radius 1 is 1.24 bits per heavy atom. The van der Waals surface area contributed by atoms with E-state index in [1.54, 1.807) is 0 Å². The SMILES string of the molecule is C[C@@H](NC(=O)CN1CCCCC1)c1ccc2c(c1)OCO2. The van der Waals surface area contributed by atoms with Crippen molar-refractivity contribution in [2.24, 2.45) is 0 Å². The smallest absolute Gasteiger partial charge is 0.234 e. The van der Waals surface area contributed by atoms with Gasteiger partial charge in [-0.15, -0.1) is 0 Å². The minimum Gasteiger partial charge on any atom is -0.454 e. The molecule has 0 spiro atoms. The van der Waals surface area contributed by atoms with Crippen LogP contribution in [0.5, 0.6) is 11.5 Å². The third-order valence-corrected chi connectivity index (χ3v) is 4.09. The minimum atomic E-state index is -0.0307. The molecular weight excluding hydrogens is 268 g/mol. The molecule has 0 aromatic heterocycles. The second-order valence-corrected chi connectivity index (χ2v) is 5.74. The first-order valence-corrected chi connectivity index (χ1v) is 7.63. The van der Waals surface area contributed by atoms with Gasteiger partial charge in [-0.2, -0.15) is 0 Å². The predicted molar refractivity (Wildman–Crippen MR) is 79.4 cm³/mol. The van der Waals surface area contributed by atoms with Gasteiger partial charge >= 0.3 is 0 Å². The van der Waals surface area contributed by atoms with Crippen LogP contribution in [0.4, 0.5) is 0 Å². The van der Waals surface area contributed by atoms with Crippen molar-refractivity contribution in [2.45, 2.75) is 32.2 Å². The van der Waals surface area contributed by atoms with E-state index in [0.29, 0.717) is 6.54 Å². The van der Waals surface area contributed by atoms with E-state index in [0.717, 1.165) is 30.2 Å². The fraction of sp³-hybridized carbons (Fsp3) is 0.562. The first-order chi connectivity index (χ1) is 10.2. The number of benzene rings is 1. The van der Waals surface area contributed by atoms with Gasteiger partial charge in [0.05, 0.1) is 12.6 Å². The lowest BCUT2D eigenvalue weighted by molar-refractivity contribution is -0.123. The molecule has 2 heterocycles. The molecule has 1 aromatic rings. The van der Waals surface area contributed by atoms with Crippen molar-refractivity contribution in [3.05, 3.63) is 23.8 Å². The molecule has 1 amide bonds. The van der Waals surface area contributed by atoms with Crippen molar-refractivity contribution < 1.29 is 14.3 Å². The average Bonchev–Trinajstić information content (AvgIpc) is 2.95. The number of ether oxygens (including phenoxy) is 2. The van der Waals surface area contributed by atoms with Crippen LogP contribution in [0.2, 0.25) is 0 Å². The van der Waals surface area contributed by atoms with Crippen molar-refractivity contribution in [1.29, 1.82) is 0 Å². The molecule has 5 nitrogen and oxygen atoms in total. The van der Waals surface area contributed by atoms with E-state index in [9.17, 15) is 4.79 Å². The van der Waals surface area contributed by atoms with Crippen LogP contribution in [0.1, 0.15) is 37.8 Å². The number of nitrogens with one attached hydrogen (secondary N) is 1. The Bertz CT molecular complexity index is 512. The largest absolute Gasteiger partial charge is 0.454 e. The number of hydrogen-bond acceptors (Lipinski definition) is 4. The standard InChI is InChI=1S/C16H22N2O3/c1-12(13-5-6-14-15(9-13)21-11-20-14)17-16(19)10-18-7-3-2-4-8-18/h5-6,9,12H,2-4,7-8,10-11H2,1H3,(H,17,19)/t12-/m1/s1. The molecule has 0 unspecified atom stereocenters. The summed E-state index contributed by atoms with van der Waals surface area (Å²) in [6, 6.07) is 5.77. The zero-order valence-electron chi connectivity index (χ0n) is 12.4. The lowest BCUT2D eigenvalue weighted by Crippen LogP contribution is -2.40. The number of rotatable bonds is 4. The second-order valence-electron chi connectivity index (χ2n) is 5.74. The Morgan fingerprint density at radius 3 is 2.81 bits per heavy atom. The fourth-order valence-electron chi connectivity index (χ4n) is 2.87. The summed E-state index contributed by atoms with van der Waals surface area (Å²) in [6.07, 6.45) is 3.68. The Morgan fingerprint density at radius 2 is 2.00 bits per heavy atom. The van der Waals surface area contributed by atoms with Crippen molar-refractivity contribution >= 4 is 5.91 Å². The summed E-state index contributed by atoms with van der Waals surface area (Å²) in [7, 11) is 0. The highest BCUT2D eigenvalue weighted by Gasteiger charge is 2.18. The number of carbonyl (C=O) groups is 1. The maximum atomic E-state index is 12.1. The van der Waals surface area contributed by atoms with Gasteiger partial charge in [0.1, 0.15) is 0 Å². The molecule has 114 valence electrons. The molecule has 1 aromatic carbocycles. The number of hydrogen-bond donors (Lipinski definition) is 1. The van der Waals surface area contributed by atoms with Crippen LogP contribution in [-0.2, 0) is 4.79 Å². The third kappa shape index (κ3) is 3.47. The lowest BCUT2D eigenvalue weighted by Gasteiger charge is -2.26. The summed E-state index contributed by atoms with van der Waals surface area (Å²) in [5, 5.41) is 3.06. The molecule has 0 aliphatic carbocycles. The van der Waals surface area contributed by atoms with Crippen LogP contribution in [0.25, 0.3) is 0 Å². The van der Waals surface area contributed by atoms with Crippen LogP contribution in [-0.4, -0.2) is 37.2 Å². The summed E-state index contributed by atoms with van der Waals surface area (Å²) in [5.41, 5.74) is 1.03. The molecule has 21 heavy (non-hydrogen) atoms. The molecule has 0 saturated carbocycles. The predicted octanol–water partition coefficient (Wildman–Crippen LogP) is 2.08. The zero-order chi connectivity index (χ0) is 14.7. The normalized spacial score (nSPS) is 19.3. The van der Waals surface area contributed by atoms with E-state index in [1.807, 2.05) is 25.1 Å².